The number of nitrogens with one attached hydrogen (secondary N) is 2. The smallest absolute Gasteiger partial charge is 0.322 e. The van der Waals surface area contributed by atoms with Crippen LogP contribution in [-0.2, 0) is 4.79 Å². The van der Waals surface area contributed by atoms with Crippen molar-refractivity contribution in [1.29, 1.82) is 0 Å². The van der Waals surface area contributed by atoms with E-state index in [4.69, 9.17) is 11.6 Å². The van der Waals surface area contributed by atoms with E-state index in [1.165, 1.54) is 11.3 Å². The highest BCUT2D eigenvalue weighted by atomic mass is 35.5. The molecule has 2 N–H and O–H groups in total. The summed E-state index contributed by atoms with van der Waals surface area (Å²) in [5.74, 6) is -0.426. The van der Waals surface area contributed by atoms with Crippen LogP contribution in [0, 0.1) is 6.92 Å². The molecule has 0 aliphatic carbocycles. The number of amides is 4. The highest BCUT2D eigenvalue weighted by Crippen LogP contribution is 2.38. The number of fused-ring (bicyclic) bond motifs is 1. The minimum absolute atomic E-state index is 0.120. The number of urea groups is 1. The lowest BCUT2D eigenvalue weighted by atomic mass is 9.87. The van der Waals surface area contributed by atoms with E-state index in [1.54, 1.807) is 4.90 Å². The van der Waals surface area contributed by atoms with Crippen molar-refractivity contribution in [2.24, 2.45) is 0 Å². The zero-order chi connectivity index (χ0) is 17.8. The lowest BCUT2D eigenvalue weighted by Crippen LogP contribution is -2.55. The molecule has 3 heterocycles. The summed E-state index contributed by atoms with van der Waals surface area (Å²) < 4.78 is 0.990. The van der Waals surface area contributed by atoms with Gasteiger partial charge in [0.2, 0.25) is 0 Å². The van der Waals surface area contributed by atoms with Crippen molar-refractivity contribution in [3.63, 3.8) is 0 Å². The van der Waals surface area contributed by atoms with Crippen LogP contribution in [-0.4, -0.2) is 41.4 Å². The quantitative estimate of drug-likeness (QED) is 0.750. The average Bonchev–Trinajstić information content (AvgIpc) is 3.05. The summed E-state index contributed by atoms with van der Waals surface area (Å²) in [4.78, 5) is 38.5. The van der Waals surface area contributed by atoms with E-state index in [2.05, 4.69) is 10.6 Å². The van der Waals surface area contributed by atoms with Gasteiger partial charge in [-0.05, 0) is 31.4 Å². The van der Waals surface area contributed by atoms with E-state index < -0.39 is 11.6 Å². The van der Waals surface area contributed by atoms with Gasteiger partial charge in [0, 0.05) is 23.2 Å². The number of halogens is 1. The van der Waals surface area contributed by atoms with Crippen molar-refractivity contribution in [3.05, 3.63) is 33.7 Å². The first-order valence-electron chi connectivity index (χ1n) is 8.02. The molecule has 130 valence electrons. The fourth-order valence-corrected chi connectivity index (χ4v) is 5.17. The molecule has 2 fully saturated rings. The van der Waals surface area contributed by atoms with Crippen LogP contribution < -0.4 is 10.6 Å². The Morgan fingerprint density at radius 2 is 2.00 bits per heavy atom. The zero-order valence-corrected chi connectivity index (χ0v) is 15.1. The Kier molecular flexibility index (Phi) is 3.73. The number of hydrogen-bond acceptors (Lipinski definition) is 4. The molecule has 4 amide bonds. The first-order valence-corrected chi connectivity index (χ1v) is 9.21. The maximum atomic E-state index is 12.9. The van der Waals surface area contributed by atoms with Crippen LogP contribution in [0.15, 0.2) is 18.2 Å². The van der Waals surface area contributed by atoms with Crippen LogP contribution in [0.2, 0.25) is 5.02 Å². The largest absolute Gasteiger partial charge is 0.338 e. The van der Waals surface area contributed by atoms with Crippen LogP contribution in [0.4, 0.5) is 4.79 Å². The molecule has 2 aromatic rings. The summed E-state index contributed by atoms with van der Waals surface area (Å²) in [5.41, 5.74) is 0.162. The fraction of sp³-hybridized carbons (Fsp3) is 0.353. The third kappa shape index (κ3) is 2.49. The third-order valence-electron chi connectivity index (χ3n) is 4.98. The molecule has 0 atom stereocenters. The lowest BCUT2D eigenvalue weighted by Gasteiger charge is -2.36. The molecule has 8 heteroatoms. The number of thiophene rings is 1. The number of rotatable bonds is 1. The average molecular weight is 378 g/mol. The van der Waals surface area contributed by atoms with Gasteiger partial charge in [0.1, 0.15) is 10.4 Å². The Hall–Kier alpha value is -2.12. The van der Waals surface area contributed by atoms with Crippen molar-refractivity contribution in [2.75, 3.05) is 13.1 Å². The number of nitrogens with zero attached hydrogens (tertiary/aromatic N) is 1. The van der Waals surface area contributed by atoms with Crippen molar-refractivity contribution in [3.8, 4) is 0 Å². The van der Waals surface area contributed by atoms with Gasteiger partial charge in [-0.3, -0.25) is 14.9 Å². The minimum atomic E-state index is -0.881. The number of carbonyl (C=O) groups is 3. The van der Waals surface area contributed by atoms with Gasteiger partial charge in [-0.15, -0.1) is 11.3 Å². The number of imide groups is 1. The van der Waals surface area contributed by atoms with Gasteiger partial charge in [-0.1, -0.05) is 23.7 Å². The van der Waals surface area contributed by atoms with Crippen molar-refractivity contribution in [1.82, 2.24) is 15.5 Å². The van der Waals surface area contributed by atoms with Crippen molar-refractivity contribution >= 4 is 50.9 Å². The molecule has 0 saturated carbocycles. The Morgan fingerprint density at radius 3 is 2.60 bits per heavy atom. The number of likely N-dealkylation sites (tertiary alicyclic amines) is 1. The molecule has 1 aromatic carbocycles. The predicted molar refractivity (Wildman–Crippen MR) is 96.1 cm³/mol. The molecule has 2 aliphatic heterocycles. The standard InChI is InChI=1S/C17H16ClN3O3S/c1-9-3-2-4-10-11(9)12(18)13(25-10)14(22)21-7-5-17(6-8-21)15(23)19-16(24)20-17/h2-4H,5-8H2,1H3,(H2,19,20,23,24). The van der Waals surface area contributed by atoms with Crippen LogP contribution >= 0.6 is 22.9 Å². The summed E-state index contributed by atoms with van der Waals surface area (Å²) in [6, 6.07) is 5.42. The third-order valence-corrected chi connectivity index (χ3v) is 6.61. The lowest BCUT2D eigenvalue weighted by molar-refractivity contribution is -0.125. The van der Waals surface area contributed by atoms with Gasteiger partial charge in [0.05, 0.1) is 5.02 Å². The Labute approximate surface area is 153 Å². The van der Waals surface area contributed by atoms with Crippen molar-refractivity contribution < 1.29 is 14.4 Å². The Bertz CT molecular complexity index is 915. The molecule has 2 aliphatic rings. The molecule has 4 rings (SSSR count). The highest BCUT2D eigenvalue weighted by Gasteiger charge is 2.48. The first-order chi connectivity index (χ1) is 11.9. The SMILES string of the molecule is Cc1cccc2sc(C(=O)N3CCC4(CC3)NC(=O)NC4=O)c(Cl)c12. The molecule has 6 nitrogen and oxygen atoms in total. The molecular weight excluding hydrogens is 362 g/mol. The molecule has 0 bridgehead atoms. The van der Waals surface area contributed by atoms with E-state index in [-0.39, 0.29) is 11.8 Å². The maximum Gasteiger partial charge on any atom is 0.322 e. The van der Waals surface area contributed by atoms with E-state index in [0.29, 0.717) is 35.8 Å². The van der Waals surface area contributed by atoms with E-state index >= 15 is 0 Å². The van der Waals surface area contributed by atoms with Gasteiger partial charge >= 0.3 is 6.03 Å². The van der Waals surface area contributed by atoms with Crippen LogP contribution in [0.5, 0.6) is 0 Å². The molecule has 0 radical (unpaired) electrons. The molecule has 25 heavy (non-hydrogen) atoms. The van der Waals surface area contributed by atoms with E-state index in [0.717, 1.165) is 15.6 Å². The summed E-state index contributed by atoms with van der Waals surface area (Å²) >= 11 is 7.87. The molecule has 2 saturated heterocycles. The Balaban J connectivity index is 1.57. The summed E-state index contributed by atoms with van der Waals surface area (Å²) in [6.07, 6.45) is 0.801. The van der Waals surface area contributed by atoms with Crippen molar-refractivity contribution in [2.45, 2.75) is 25.3 Å². The van der Waals surface area contributed by atoms with Gasteiger partial charge in [-0.25, -0.2) is 4.79 Å². The first kappa shape index (κ1) is 16.4. The second-order valence-corrected chi connectivity index (χ2v) is 7.91. The molecule has 1 aromatic heterocycles. The van der Waals surface area contributed by atoms with Crippen LogP contribution in [0.1, 0.15) is 28.1 Å². The van der Waals surface area contributed by atoms with Gasteiger partial charge in [0.15, 0.2) is 0 Å². The number of piperidine rings is 1. The zero-order valence-electron chi connectivity index (χ0n) is 13.5. The summed E-state index contributed by atoms with van der Waals surface area (Å²) in [6.45, 7) is 2.77. The highest BCUT2D eigenvalue weighted by molar-refractivity contribution is 7.21. The van der Waals surface area contributed by atoms with E-state index in [9.17, 15) is 14.4 Å². The Morgan fingerprint density at radius 1 is 1.28 bits per heavy atom. The van der Waals surface area contributed by atoms with Gasteiger partial charge < -0.3 is 10.2 Å². The number of hydrogen-bond donors (Lipinski definition) is 2. The van der Waals surface area contributed by atoms with E-state index in [1.807, 2.05) is 25.1 Å². The van der Waals surface area contributed by atoms with Gasteiger partial charge in [0.25, 0.3) is 11.8 Å². The van der Waals surface area contributed by atoms with Crippen LogP contribution in [0.3, 0.4) is 0 Å². The monoisotopic (exact) mass is 377 g/mol. The second-order valence-electron chi connectivity index (χ2n) is 6.48. The second kappa shape index (κ2) is 5.71. The van der Waals surface area contributed by atoms with Gasteiger partial charge in [-0.2, -0.15) is 0 Å². The van der Waals surface area contributed by atoms with Crippen LogP contribution in [0.25, 0.3) is 10.1 Å². The minimum Gasteiger partial charge on any atom is -0.338 e. The predicted octanol–water partition coefficient (Wildman–Crippen LogP) is 2.68. The summed E-state index contributed by atoms with van der Waals surface area (Å²) in [5, 5.41) is 6.39. The maximum absolute atomic E-state index is 12.9. The topological polar surface area (TPSA) is 78.5 Å². The molecular formula is C17H16ClN3O3S. The normalized spacial score (nSPS) is 19.4. The number of aryl methyl sites for hydroxylation is 1. The molecule has 1 spiro atoms. The summed E-state index contributed by atoms with van der Waals surface area (Å²) in [7, 11) is 0. The molecule has 0 unspecified atom stereocenters. The fourth-order valence-electron chi connectivity index (χ4n) is 3.53. The number of benzene rings is 1. The number of carbonyl (C=O) groups excluding carboxylic acids is 3.